The van der Waals surface area contributed by atoms with Gasteiger partial charge in [-0.2, -0.15) is 13.2 Å². The first-order valence-corrected chi connectivity index (χ1v) is 10.4. The van der Waals surface area contributed by atoms with Crippen molar-refractivity contribution < 1.29 is 36.8 Å². The van der Waals surface area contributed by atoms with Gasteiger partial charge in [-0.3, -0.25) is 14.9 Å². The average molecular weight is 485 g/mol. The van der Waals surface area contributed by atoms with Gasteiger partial charge in [-0.25, -0.2) is 4.39 Å². The summed E-state index contributed by atoms with van der Waals surface area (Å²) < 4.78 is 66.8. The van der Waals surface area contributed by atoms with Gasteiger partial charge < -0.3 is 19.7 Å². The molecule has 0 aromatic heterocycles. The molecule has 0 bridgehead atoms. The fraction of sp³-hybridized carbons (Fsp3) is 0.409. The number of nitrogens with one attached hydrogen (secondary N) is 1. The number of nitro benzene ring substituents is 1. The number of amides is 1. The van der Waals surface area contributed by atoms with Gasteiger partial charge in [-0.05, 0) is 37.0 Å². The lowest BCUT2D eigenvalue weighted by Crippen LogP contribution is -2.42. The van der Waals surface area contributed by atoms with Crippen molar-refractivity contribution >= 4 is 17.3 Å². The van der Waals surface area contributed by atoms with E-state index in [-0.39, 0.29) is 38.1 Å². The molecule has 0 unspecified atom stereocenters. The zero-order chi connectivity index (χ0) is 24.9. The molecule has 1 fully saturated rings. The second-order valence-electron chi connectivity index (χ2n) is 7.79. The van der Waals surface area contributed by atoms with Crippen LogP contribution >= 0.6 is 0 Å². The van der Waals surface area contributed by atoms with E-state index in [9.17, 15) is 32.5 Å². The van der Waals surface area contributed by atoms with Crippen molar-refractivity contribution in [1.82, 2.24) is 5.32 Å². The third-order valence-corrected chi connectivity index (χ3v) is 5.35. The summed E-state index contributed by atoms with van der Waals surface area (Å²) in [7, 11) is 1.36. The third kappa shape index (κ3) is 5.93. The van der Waals surface area contributed by atoms with Crippen LogP contribution in [0.1, 0.15) is 18.4 Å². The largest absolute Gasteiger partial charge is 0.454 e. The summed E-state index contributed by atoms with van der Waals surface area (Å²) in [5, 5.41) is 14.3. The van der Waals surface area contributed by atoms with Crippen molar-refractivity contribution in [2.45, 2.75) is 19.0 Å². The molecule has 8 nitrogen and oxygen atoms in total. The van der Waals surface area contributed by atoms with Crippen LogP contribution in [-0.2, 0) is 15.7 Å². The van der Waals surface area contributed by atoms with Gasteiger partial charge in [0.05, 0.1) is 4.92 Å². The highest BCUT2D eigenvalue weighted by Gasteiger charge is 2.43. The molecule has 1 amide bonds. The molecule has 1 atom stereocenters. The Hall–Kier alpha value is -3.41. The zero-order valence-electron chi connectivity index (χ0n) is 18.2. The predicted octanol–water partition coefficient (Wildman–Crippen LogP) is 4.52. The van der Waals surface area contributed by atoms with E-state index in [2.05, 4.69) is 5.32 Å². The van der Waals surface area contributed by atoms with E-state index in [1.165, 1.54) is 24.1 Å². The smallest absolute Gasteiger partial charge is 0.422 e. The Morgan fingerprint density at radius 2 is 1.97 bits per heavy atom. The van der Waals surface area contributed by atoms with E-state index in [1.54, 1.807) is 0 Å². The Bertz CT molecular complexity index is 1050. The first-order chi connectivity index (χ1) is 16.1. The molecule has 0 saturated carbocycles. The number of hydrogen-bond donors (Lipinski definition) is 1. The van der Waals surface area contributed by atoms with Crippen molar-refractivity contribution in [3.05, 3.63) is 57.9 Å². The van der Waals surface area contributed by atoms with Crippen molar-refractivity contribution in [3.63, 3.8) is 0 Å². The number of rotatable bonds is 8. The van der Waals surface area contributed by atoms with Gasteiger partial charge in [0.2, 0.25) is 5.91 Å². The first-order valence-electron chi connectivity index (χ1n) is 10.4. The Morgan fingerprint density at radius 3 is 2.62 bits per heavy atom. The SMILES string of the molecule is COCC(=O)NC[C@@H]1CCCN(c2c([N+](=O)[O-])ccc(Oc3ccccc3F)c2C(F)(F)F)C1. The van der Waals surface area contributed by atoms with Gasteiger partial charge >= 0.3 is 6.18 Å². The lowest BCUT2D eigenvalue weighted by molar-refractivity contribution is -0.384. The van der Waals surface area contributed by atoms with Gasteiger partial charge in [0.1, 0.15) is 23.6 Å². The second-order valence-corrected chi connectivity index (χ2v) is 7.79. The number of carbonyl (C=O) groups is 1. The quantitative estimate of drug-likeness (QED) is 0.336. The number of hydrogen-bond acceptors (Lipinski definition) is 6. The summed E-state index contributed by atoms with van der Waals surface area (Å²) in [5.74, 6) is -2.67. The Labute approximate surface area is 192 Å². The molecule has 1 N–H and O–H groups in total. The number of nitro groups is 1. The molecular formula is C22H23F4N3O5. The third-order valence-electron chi connectivity index (χ3n) is 5.35. The number of alkyl halides is 3. The first kappa shape index (κ1) is 25.2. The standard InChI is InChI=1S/C22H23F4N3O5/c1-33-13-19(30)27-11-14-5-4-10-28(12-14)21-16(29(31)32)8-9-18(20(21)22(24,25)26)34-17-7-3-2-6-15(17)23/h2-3,6-9,14H,4-5,10-13H2,1H3,(H,27,30)/t14-/m0/s1. The van der Waals surface area contributed by atoms with Gasteiger partial charge in [0, 0.05) is 32.8 Å². The number of nitrogens with zero attached hydrogens (tertiary/aromatic N) is 2. The fourth-order valence-corrected chi connectivity index (χ4v) is 3.91. The van der Waals surface area contributed by atoms with E-state index in [4.69, 9.17) is 9.47 Å². The number of halogens is 4. The molecule has 34 heavy (non-hydrogen) atoms. The number of anilines is 1. The van der Waals surface area contributed by atoms with Crippen LogP contribution in [0.15, 0.2) is 36.4 Å². The van der Waals surface area contributed by atoms with Crippen LogP contribution in [0.2, 0.25) is 0 Å². The highest BCUT2D eigenvalue weighted by Crippen LogP contribution is 2.49. The van der Waals surface area contributed by atoms with E-state index >= 15 is 0 Å². The number of benzene rings is 2. The maximum Gasteiger partial charge on any atom is 0.422 e. The molecule has 1 heterocycles. The van der Waals surface area contributed by atoms with E-state index in [0.717, 1.165) is 24.3 Å². The topological polar surface area (TPSA) is 93.9 Å². The minimum Gasteiger partial charge on any atom is -0.454 e. The van der Waals surface area contributed by atoms with Crippen molar-refractivity contribution in [2.75, 3.05) is 38.3 Å². The van der Waals surface area contributed by atoms with Gasteiger partial charge in [-0.1, -0.05) is 12.1 Å². The Kier molecular flexibility index (Phi) is 7.92. The van der Waals surface area contributed by atoms with Gasteiger partial charge in [0.25, 0.3) is 5.69 Å². The summed E-state index contributed by atoms with van der Waals surface area (Å²) >= 11 is 0. The van der Waals surface area contributed by atoms with Gasteiger partial charge in [-0.15, -0.1) is 0 Å². The lowest BCUT2D eigenvalue weighted by Gasteiger charge is -2.35. The highest BCUT2D eigenvalue weighted by atomic mass is 19.4. The lowest BCUT2D eigenvalue weighted by atomic mass is 9.96. The summed E-state index contributed by atoms with van der Waals surface area (Å²) in [5.41, 5.74) is -2.73. The van der Waals surface area contributed by atoms with Crippen LogP contribution in [0.4, 0.5) is 28.9 Å². The van der Waals surface area contributed by atoms with Crippen LogP contribution in [-0.4, -0.2) is 44.2 Å². The normalized spacial score (nSPS) is 16.3. The molecular weight excluding hydrogens is 462 g/mol. The van der Waals surface area contributed by atoms with E-state index < -0.39 is 45.4 Å². The molecule has 12 heteroatoms. The summed E-state index contributed by atoms with van der Waals surface area (Å²) in [6.45, 7) is 0.199. The number of para-hydroxylation sites is 1. The number of methoxy groups -OCH3 is 1. The van der Waals surface area contributed by atoms with Crippen LogP contribution in [0.25, 0.3) is 0 Å². The van der Waals surface area contributed by atoms with Crippen molar-refractivity contribution in [3.8, 4) is 11.5 Å². The monoisotopic (exact) mass is 485 g/mol. The molecule has 1 saturated heterocycles. The number of piperidine rings is 1. The van der Waals surface area contributed by atoms with Crippen LogP contribution in [0, 0.1) is 21.8 Å². The maximum atomic E-state index is 14.3. The minimum absolute atomic E-state index is 0.0420. The van der Waals surface area contributed by atoms with Crippen molar-refractivity contribution in [2.24, 2.45) is 5.92 Å². The Morgan fingerprint density at radius 1 is 1.24 bits per heavy atom. The molecule has 0 radical (unpaired) electrons. The Balaban J connectivity index is 2.01. The fourth-order valence-electron chi connectivity index (χ4n) is 3.91. The van der Waals surface area contributed by atoms with Gasteiger partial charge in [0.15, 0.2) is 11.6 Å². The molecule has 184 valence electrons. The molecule has 3 rings (SSSR count). The molecule has 0 aliphatic carbocycles. The minimum atomic E-state index is -5.03. The number of carbonyl (C=O) groups excluding carboxylic acids is 1. The van der Waals surface area contributed by atoms with Crippen LogP contribution in [0.3, 0.4) is 0 Å². The predicted molar refractivity (Wildman–Crippen MR) is 114 cm³/mol. The number of ether oxygens (including phenoxy) is 2. The van der Waals surface area contributed by atoms with Crippen LogP contribution in [0.5, 0.6) is 11.5 Å². The average Bonchev–Trinajstić information content (AvgIpc) is 2.78. The van der Waals surface area contributed by atoms with Crippen molar-refractivity contribution in [1.29, 1.82) is 0 Å². The molecule has 2 aromatic rings. The second kappa shape index (κ2) is 10.7. The maximum absolute atomic E-state index is 14.3. The molecule has 0 spiro atoms. The molecule has 1 aliphatic heterocycles. The van der Waals surface area contributed by atoms with Crippen LogP contribution < -0.4 is 15.0 Å². The summed E-state index contributed by atoms with van der Waals surface area (Å²) in [4.78, 5) is 23.7. The summed E-state index contributed by atoms with van der Waals surface area (Å²) in [6, 6.07) is 6.69. The highest BCUT2D eigenvalue weighted by molar-refractivity contribution is 5.77. The summed E-state index contributed by atoms with van der Waals surface area (Å²) in [6.07, 6.45) is -3.95. The molecule has 1 aliphatic rings. The zero-order valence-corrected chi connectivity index (χ0v) is 18.2. The van der Waals surface area contributed by atoms with E-state index in [0.29, 0.717) is 12.8 Å². The molecule has 2 aromatic carbocycles. The van der Waals surface area contributed by atoms with E-state index in [1.807, 2.05) is 0 Å².